The van der Waals surface area contributed by atoms with Crippen LogP contribution in [0.25, 0.3) is 16.5 Å². The lowest BCUT2D eigenvalue weighted by atomic mass is 9.99. The first-order valence-electron chi connectivity index (χ1n) is 6.86. The number of para-hydroxylation sites is 1. The Morgan fingerprint density at radius 1 is 1.28 bits per heavy atom. The highest BCUT2D eigenvalue weighted by molar-refractivity contribution is 5.92. The summed E-state index contributed by atoms with van der Waals surface area (Å²) in [5, 5.41) is 1.35. The van der Waals surface area contributed by atoms with E-state index in [0.29, 0.717) is 0 Å². The van der Waals surface area contributed by atoms with Crippen LogP contribution in [0.15, 0.2) is 36.5 Å². The van der Waals surface area contributed by atoms with Gasteiger partial charge in [-0.25, -0.2) is 0 Å². The number of fused-ring (bicyclic) bond motifs is 1. The van der Waals surface area contributed by atoms with Crippen LogP contribution >= 0.6 is 0 Å². The molecule has 1 aliphatic heterocycles. The van der Waals surface area contributed by atoms with Crippen LogP contribution in [0.1, 0.15) is 25.3 Å². The molecule has 0 amide bonds. The van der Waals surface area contributed by atoms with Crippen molar-refractivity contribution in [1.29, 1.82) is 0 Å². The molecule has 1 aliphatic rings. The first kappa shape index (κ1) is 11.5. The molecule has 94 valence electrons. The van der Waals surface area contributed by atoms with Gasteiger partial charge in [-0.3, -0.25) is 4.90 Å². The molecule has 0 unspecified atom stereocenters. The molecule has 2 nitrogen and oxygen atoms in total. The Bertz CT molecular complexity index is 565. The molecule has 3 rings (SSSR count). The van der Waals surface area contributed by atoms with E-state index in [-0.39, 0.29) is 0 Å². The molecule has 0 saturated heterocycles. The summed E-state index contributed by atoms with van der Waals surface area (Å²) in [6.45, 7) is 5.76. The van der Waals surface area contributed by atoms with E-state index in [1.807, 2.05) is 0 Å². The summed E-state index contributed by atoms with van der Waals surface area (Å²) in [5.74, 6) is 0. The average Bonchev–Trinajstić information content (AvgIpc) is 2.84. The Hall–Kier alpha value is -1.54. The number of aromatic nitrogens is 1. The first-order valence-corrected chi connectivity index (χ1v) is 6.86. The molecule has 0 spiro atoms. The minimum absolute atomic E-state index is 1.10. The van der Waals surface area contributed by atoms with Crippen molar-refractivity contribution in [2.45, 2.75) is 19.8 Å². The van der Waals surface area contributed by atoms with Gasteiger partial charge in [-0.15, -0.1) is 0 Å². The van der Waals surface area contributed by atoms with Gasteiger partial charge in [-0.2, -0.15) is 0 Å². The third-order valence-electron chi connectivity index (χ3n) is 3.77. The molecule has 0 atom stereocenters. The normalized spacial score (nSPS) is 17.1. The van der Waals surface area contributed by atoms with E-state index < -0.39 is 0 Å². The first-order chi connectivity index (χ1) is 8.88. The number of rotatable bonds is 3. The van der Waals surface area contributed by atoms with Crippen LogP contribution in [0.4, 0.5) is 0 Å². The van der Waals surface area contributed by atoms with E-state index in [2.05, 4.69) is 53.3 Å². The van der Waals surface area contributed by atoms with E-state index in [1.165, 1.54) is 48.0 Å². The maximum Gasteiger partial charge on any atom is 0.0460 e. The topological polar surface area (TPSA) is 19.0 Å². The highest BCUT2D eigenvalue weighted by Gasteiger charge is 2.14. The monoisotopic (exact) mass is 240 g/mol. The Balaban J connectivity index is 1.87. The van der Waals surface area contributed by atoms with Gasteiger partial charge in [-0.1, -0.05) is 31.2 Å². The number of benzene rings is 1. The molecule has 1 aromatic heterocycles. The van der Waals surface area contributed by atoms with Gasteiger partial charge in [0.25, 0.3) is 0 Å². The van der Waals surface area contributed by atoms with Gasteiger partial charge >= 0.3 is 0 Å². The highest BCUT2D eigenvalue weighted by atomic mass is 15.1. The van der Waals surface area contributed by atoms with Crippen molar-refractivity contribution in [3.63, 3.8) is 0 Å². The molecule has 2 heteroatoms. The second-order valence-corrected chi connectivity index (χ2v) is 5.03. The van der Waals surface area contributed by atoms with Crippen LogP contribution in [-0.4, -0.2) is 29.5 Å². The predicted molar refractivity (Wildman–Crippen MR) is 77.6 cm³/mol. The lowest BCUT2D eigenvalue weighted by Crippen LogP contribution is -2.29. The summed E-state index contributed by atoms with van der Waals surface area (Å²) in [7, 11) is 0. The zero-order valence-corrected chi connectivity index (χ0v) is 10.9. The molecule has 0 radical (unpaired) electrons. The van der Waals surface area contributed by atoms with Crippen LogP contribution in [0, 0.1) is 0 Å². The minimum Gasteiger partial charge on any atom is -0.361 e. The molecule has 0 aliphatic carbocycles. The summed E-state index contributed by atoms with van der Waals surface area (Å²) in [4.78, 5) is 5.89. The lowest BCUT2D eigenvalue weighted by Gasteiger charge is -2.25. The molecule has 2 heterocycles. The highest BCUT2D eigenvalue weighted by Crippen LogP contribution is 2.28. The fraction of sp³-hybridized carbons (Fsp3) is 0.375. The number of aromatic amines is 1. The zero-order valence-electron chi connectivity index (χ0n) is 10.9. The van der Waals surface area contributed by atoms with Crippen LogP contribution in [0.2, 0.25) is 0 Å². The lowest BCUT2D eigenvalue weighted by molar-refractivity contribution is 0.302. The van der Waals surface area contributed by atoms with Crippen molar-refractivity contribution >= 4 is 16.5 Å². The van der Waals surface area contributed by atoms with Crippen LogP contribution < -0.4 is 0 Å². The van der Waals surface area contributed by atoms with Crippen molar-refractivity contribution in [2.75, 3.05) is 19.6 Å². The van der Waals surface area contributed by atoms with Gasteiger partial charge in [0.15, 0.2) is 0 Å². The fourth-order valence-electron chi connectivity index (χ4n) is 2.81. The molecular formula is C16H20N2. The van der Waals surface area contributed by atoms with E-state index in [0.717, 1.165) is 6.54 Å². The number of nitrogens with zero attached hydrogens (tertiary/aromatic N) is 1. The predicted octanol–water partition coefficient (Wildman–Crippen LogP) is 3.67. The van der Waals surface area contributed by atoms with Gasteiger partial charge in [0, 0.05) is 35.8 Å². The smallest absolute Gasteiger partial charge is 0.0460 e. The maximum atomic E-state index is 3.37. The fourth-order valence-corrected chi connectivity index (χ4v) is 2.81. The standard InChI is InChI=1S/C16H20N2/c1-2-9-18-10-7-13(8-11-18)15-12-17-16-6-4-3-5-14(15)16/h3-7,12,17H,2,8-11H2,1H3. The molecule has 2 aromatic rings. The summed E-state index contributed by atoms with van der Waals surface area (Å²) in [5.41, 5.74) is 4.13. The second kappa shape index (κ2) is 4.99. The number of hydrogen-bond acceptors (Lipinski definition) is 1. The second-order valence-electron chi connectivity index (χ2n) is 5.03. The SMILES string of the molecule is CCCN1CC=C(c2c[nH]c3ccccc23)CC1. The molecule has 1 aromatic carbocycles. The largest absolute Gasteiger partial charge is 0.361 e. The molecule has 0 bridgehead atoms. The molecule has 18 heavy (non-hydrogen) atoms. The number of H-pyrrole nitrogens is 1. The Morgan fingerprint density at radius 3 is 2.94 bits per heavy atom. The third-order valence-corrected chi connectivity index (χ3v) is 3.77. The van der Waals surface area contributed by atoms with E-state index in [4.69, 9.17) is 0 Å². The average molecular weight is 240 g/mol. The Morgan fingerprint density at radius 2 is 2.17 bits per heavy atom. The van der Waals surface area contributed by atoms with Crippen molar-refractivity contribution in [1.82, 2.24) is 9.88 Å². The number of nitrogens with one attached hydrogen (secondary N) is 1. The summed E-state index contributed by atoms with van der Waals surface area (Å²) >= 11 is 0. The van der Waals surface area contributed by atoms with Crippen molar-refractivity contribution in [3.8, 4) is 0 Å². The van der Waals surface area contributed by atoms with Gasteiger partial charge in [0.1, 0.15) is 0 Å². The maximum absolute atomic E-state index is 3.37. The van der Waals surface area contributed by atoms with Gasteiger partial charge in [0.05, 0.1) is 0 Å². The van der Waals surface area contributed by atoms with Gasteiger partial charge in [-0.05, 0) is 31.0 Å². The molecule has 0 fully saturated rings. The quantitative estimate of drug-likeness (QED) is 0.867. The Kier molecular flexibility index (Phi) is 3.20. The zero-order chi connectivity index (χ0) is 12.4. The van der Waals surface area contributed by atoms with Crippen LogP contribution in [0.3, 0.4) is 0 Å². The van der Waals surface area contributed by atoms with Crippen molar-refractivity contribution in [2.24, 2.45) is 0 Å². The van der Waals surface area contributed by atoms with E-state index in [1.54, 1.807) is 0 Å². The summed E-state index contributed by atoms with van der Waals surface area (Å²) < 4.78 is 0. The van der Waals surface area contributed by atoms with Gasteiger partial charge in [0.2, 0.25) is 0 Å². The summed E-state index contributed by atoms with van der Waals surface area (Å²) in [6.07, 6.45) is 6.97. The van der Waals surface area contributed by atoms with Gasteiger partial charge < -0.3 is 4.98 Å². The summed E-state index contributed by atoms with van der Waals surface area (Å²) in [6, 6.07) is 8.55. The molecular weight excluding hydrogens is 220 g/mol. The van der Waals surface area contributed by atoms with Crippen molar-refractivity contribution in [3.05, 3.63) is 42.1 Å². The van der Waals surface area contributed by atoms with Crippen LogP contribution in [-0.2, 0) is 0 Å². The third kappa shape index (κ3) is 2.08. The van der Waals surface area contributed by atoms with E-state index >= 15 is 0 Å². The minimum atomic E-state index is 1.10. The number of hydrogen-bond donors (Lipinski definition) is 1. The molecule has 0 saturated carbocycles. The van der Waals surface area contributed by atoms with Crippen LogP contribution in [0.5, 0.6) is 0 Å². The molecule has 1 N–H and O–H groups in total. The Labute approximate surface area is 108 Å². The van der Waals surface area contributed by atoms with E-state index in [9.17, 15) is 0 Å². The van der Waals surface area contributed by atoms with Crippen molar-refractivity contribution < 1.29 is 0 Å².